The van der Waals surface area contributed by atoms with E-state index >= 15 is 0 Å². The van der Waals surface area contributed by atoms with Crippen molar-refractivity contribution in [1.29, 1.82) is 5.26 Å². The first kappa shape index (κ1) is 42.9. The summed E-state index contributed by atoms with van der Waals surface area (Å²) in [5, 5.41) is 11.9. The molecule has 1 amide bonds. The Bertz CT molecular complexity index is 1490. The van der Waals surface area contributed by atoms with Crippen molar-refractivity contribution >= 4 is 28.6 Å². The molecule has 6 atom stereocenters. The first-order valence-corrected chi connectivity index (χ1v) is 22.0. The Balaban J connectivity index is 2.11. The molecule has 1 aliphatic rings. The van der Waals surface area contributed by atoms with Crippen LogP contribution in [0.1, 0.15) is 92.2 Å². The van der Waals surface area contributed by atoms with Crippen LogP contribution in [0.4, 0.5) is 5.82 Å². The van der Waals surface area contributed by atoms with Crippen molar-refractivity contribution in [3.05, 3.63) is 58.6 Å². The second-order valence-corrected chi connectivity index (χ2v) is 21.8. The smallest absolute Gasteiger partial charge is 0.351 e. The molecule has 284 valence electrons. The van der Waals surface area contributed by atoms with Crippen molar-refractivity contribution in [2.24, 2.45) is 11.8 Å². The summed E-state index contributed by atoms with van der Waals surface area (Å²) in [7, 11) is -4.18. The first-order valence-electron chi connectivity index (χ1n) is 18.0. The quantitative estimate of drug-likeness (QED) is 0.0916. The minimum Gasteiger partial charge on any atom is -0.408 e. The highest BCUT2D eigenvalue weighted by Crippen LogP contribution is 2.52. The number of carbonyl (C=O) groups excluding carboxylic acids is 1. The van der Waals surface area contributed by atoms with E-state index in [0.717, 1.165) is 0 Å². The van der Waals surface area contributed by atoms with Crippen LogP contribution in [0.3, 0.4) is 0 Å². The van der Waals surface area contributed by atoms with Crippen LogP contribution in [0.15, 0.2) is 47.4 Å². The summed E-state index contributed by atoms with van der Waals surface area (Å²) in [6.07, 6.45) is -1.22. The number of nitrogens with zero attached hydrogens (tertiary/aromatic N) is 4. The first-order chi connectivity index (χ1) is 23.9. The molecule has 0 bridgehead atoms. The predicted molar refractivity (Wildman–Crippen MR) is 204 cm³/mol. The van der Waals surface area contributed by atoms with Gasteiger partial charge in [0.15, 0.2) is 14.5 Å². The average molecular weight is 746 g/mol. The number of rotatable bonds is 18. The number of amides is 1. The molecule has 1 saturated heterocycles. The number of hydrogen-bond donors (Lipinski definition) is 1. The van der Waals surface area contributed by atoms with Crippen molar-refractivity contribution in [2.75, 3.05) is 25.1 Å². The van der Waals surface area contributed by atoms with Gasteiger partial charge in [-0.1, -0.05) is 59.7 Å². The van der Waals surface area contributed by atoms with E-state index in [0.29, 0.717) is 24.0 Å². The van der Waals surface area contributed by atoms with Crippen molar-refractivity contribution in [2.45, 2.75) is 130 Å². The van der Waals surface area contributed by atoms with Crippen LogP contribution in [0, 0.1) is 23.2 Å². The van der Waals surface area contributed by atoms with Gasteiger partial charge < -0.3 is 28.3 Å². The van der Waals surface area contributed by atoms with Gasteiger partial charge in [0.25, 0.3) is 14.4 Å². The summed E-state index contributed by atoms with van der Waals surface area (Å²) in [6.45, 7) is 26.6. The molecule has 3 rings (SSSR count). The second kappa shape index (κ2) is 19.0. The number of ether oxygens (including phenoxy) is 2. The van der Waals surface area contributed by atoms with E-state index in [2.05, 4.69) is 103 Å². The Kier molecular flexibility index (Phi) is 16.0. The third-order valence-electron chi connectivity index (χ3n) is 9.58. The number of anilines is 1. The van der Waals surface area contributed by atoms with E-state index in [9.17, 15) is 14.9 Å². The van der Waals surface area contributed by atoms with E-state index in [1.54, 1.807) is 36.5 Å². The fourth-order valence-electron chi connectivity index (χ4n) is 5.25. The van der Waals surface area contributed by atoms with Crippen molar-refractivity contribution in [1.82, 2.24) is 14.2 Å². The summed E-state index contributed by atoms with van der Waals surface area (Å²) in [5.41, 5.74) is -0.180. The van der Waals surface area contributed by atoms with Crippen LogP contribution in [0.2, 0.25) is 18.1 Å². The van der Waals surface area contributed by atoms with Gasteiger partial charge in [0.2, 0.25) is 0 Å². The zero-order chi connectivity index (χ0) is 38.1. The number of carbonyl (C=O) groups is 1. The summed E-state index contributed by atoms with van der Waals surface area (Å²) < 4.78 is 37.0. The molecule has 0 saturated carbocycles. The molecular formula is C37H60N5O7PSi. The predicted octanol–water partition coefficient (Wildman–Crippen LogP) is 7.75. The average Bonchev–Trinajstić information content (AvgIpc) is 3.35. The largest absolute Gasteiger partial charge is 0.408 e. The Hall–Kier alpha value is -2.53. The fraction of sp³-hybridized carbons (Fsp3) is 0.676. The number of hydrogen-bond acceptors (Lipinski definition) is 10. The van der Waals surface area contributed by atoms with Crippen LogP contribution in [0.5, 0.6) is 0 Å². The van der Waals surface area contributed by atoms with Gasteiger partial charge in [-0.3, -0.25) is 9.36 Å². The zero-order valence-corrected chi connectivity index (χ0v) is 34.5. The fourth-order valence-corrected chi connectivity index (χ4v) is 8.31. The van der Waals surface area contributed by atoms with Crippen LogP contribution >= 0.6 is 8.53 Å². The number of nitrogens with one attached hydrogen (secondary N) is 1. The molecule has 14 heteroatoms. The summed E-state index contributed by atoms with van der Waals surface area (Å²) in [5.74, 6) is 0.503. The van der Waals surface area contributed by atoms with Crippen LogP contribution < -0.4 is 11.0 Å². The maximum Gasteiger partial charge on any atom is 0.351 e. The Labute approximate surface area is 307 Å². The summed E-state index contributed by atoms with van der Waals surface area (Å²) >= 11 is 0. The van der Waals surface area contributed by atoms with E-state index in [4.69, 9.17) is 22.9 Å². The van der Waals surface area contributed by atoms with Gasteiger partial charge in [-0.05, 0) is 75.9 Å². The van der Waals surface area contributed by atoms with Gasteiger partial charge in [0.05, 0.1) is 25.7 Å². The molecule has 2 aromatic rings. The Morgan fingerprint density at radius 3 is 2.27 bits per heavy atom. The molecule has 1 aromatic heterocycles. The molecule has 0 radical (unpaired) electrons. The number of aromatic nitrogens is 2. The monoisotopic (exact) mass is 745 g/mol. The summed E-state index contributed by atoms with van der Waals surface area (Å²) in [6, 6.07) is 12.6. The Morgan fingerprint density at radius 2 is 1.73 bits per heavy atom. The van der Waals surface area contributed by atoms with Gasteiger partial charge in [0.1, 0.15) is 24.1 Å². The highest BCUT2D eigenvalue weighted by atomic mass is 31.2. The maximum absolute atomic E-state index is 13.8. The third kappa shape index (κ3) is 11.7. The molecule has 1 aromatic carbocycles. The lowest BCUT2D eigenvalue weighted by Crippen LogP contribution is -2.50. The Morgan fingerprint density at radius 1 is 1.08 bits per heavy atom. The normalized spacial score (nSPS) is 21.0. The molecule has 1 aliphatic heterocycles. The molecule has 0 spiro atoms. The molecular weight excluding hydrogens is 685 g/mol. The number of nitriles is 1. The molecule has 12 nitrogen and oxygen atoms in total. The zero-order valence-electron chi connectivity index (χ0n) is 32.6. The second-order valence-electron chi connectivity index (χ2n) is 15.6. The number of benzene rings is 1. The van der Waals surface area contributed by atoms with Crippen LogP contribution in [-0.4, -0.2) is 78.7 Å². The van der Waals surface area contributed by atoms with Gasteiger partial charge in [-0.15, -0.1) is 0 Å². The van der Waals surface area contributed by atoms with E-state index in [1.165, 1.54) is 4.57 Å². The van der Waals surface area contributed by atoms with E-state index in [1.807, 2.05) is 6.07 Å². The van der Waals surface area contributed by atoms with E-state index in [-0.39, 0.29) is 48.5 Å². The third-order valence-corrected chi connectivity index (χ3v) is 16.2. The minimum atomic E-state index is -2.45. The molecule has 0 aliphatic carbocycles. The highest BCUT2D eigenvalue weighted by Gasteiger charge is 2.53. The van der Waals surface area contributed by atoms with Gasteiger partial charge in [-0.25, -0.2) is 9.46 Å². The van der Waals surface area contributed by atoms with Crippen LogP contribution in [0.25, 0.3) is 0 Å². The summed E-state index contributed by atoms with van der Waals surface area (Å²) in [4.78, 5) is 30.9. The lowest BCUT2D eigenvalue weighted by molar-refractivity contribution is -0.0712. The van der Waals surface area contributed by atoms with Crippen LogP contribution in [-0.2, 0) is 22.9 Å². The topological polar surface area (TPSA) is 137 Å². The van der Waals surface area contributed by atoms with Crippen molar-refractivity contribution < 1.29 is 27.7 Å². The van der Waals surface area contributed by atoms with Crippen molar-refractivity contribution in [3.8, 4) is 6.07 Å². The van der Waals surface area contributed by atoms with Gasteiger partial charge in [0, 0.05) is 30.5 Å². The molecule has 3 unspecified atom stereocenters. The standard InChI is InChI=1S/C37H60N5O7PSi/c1-25(2)28(7)23-45-24-30-32(49-51(11,12)37(8,9)10)33(48-50(46-22-16-20-38)42(26(3)4)27(5)6)35(47-30)41-21-19-31(40-36(41)44)39-34(43)29-17-14-13-15-18-29/h13-15,17-19,21,25-28,30,32-33,35H,16,22-24H2,1-12H3,(H,39,40,43,44)/t28?,30-,32?,33+,35-,50?/m1/s1. The van der Waals surface area contributed by atoms with Gasteiger partial charge in [-0.2, -0.15) is 10.2 Å². The molecule has 1 fully saturated rings. The van der Waals surface area contributed by atoms with Gasteiger partial charge >= 0.3 is 5.69 Å². The van der Waals surface area contributed by atoms with E-state index < -0.39 is 47.1 Å². The molecule has 51 heavy (non-hydrogen) atoms. The van der Waals surface area contributed by atoms with Crippen molar-refractivity contribution in [3.63, 3.8) is 0 Å². The lowest BCUT2D eigenvalue weighted by atomic mass is 9.99. The molecule has 2 heterocycles. The lowest BCUT2D eigenvalue weighted by Gasteiger charge is -2.42. The SMILES string of the molecule is CC(C)C(C)COC[C@H]1O[C@@H](n2ccc(NC(=O)c3ccccc3)nc2=O)[C@@H](OP(OCCC#N)N(C(C)C)C(C)C)C1O[Si](C)(C)C(C)(C)C. The highest BCUT2D eigenvalue weighted by molar-refractivity contribution is 7.44. The maximum atomic E-state index is 13.8. The molecule has 1 N–H and O–H groups in total. The minimum absolute atomic E-state index is 0.0484.